The summed E-state index contributed by atoms with van der Waals surface area (Å²) in [4.78, 5) is 25.9. The van der Waals surface area contributed by atoms with Crippen LogP contribution in [0.15, 0.2) is 64.0 Å². The SMILES string of the molecule is COc1ccc([C@H]2CC(=O)Oc3cc(O)c4c(=O)c(-c5ccccc5OC)coc4c32)cc1O. The summed E-state index contributed by atoms with van der Waals surface area (Å²) >= 11 is 0. The predicted molar refractivity (Wildman–Crippen MR) is 123 cm³/mol. The Morgan fingerprint density at radius 3 is 2.41 bits per heavy atom. The first kappa shape index (κ1) is 21.4. The van der Waals surface area contributed by atoms with Gasteiger partial charge in [0.1, 0.15) is 34.5 Å². The number of phenols is 2. The van der Waals surface area contributed by atoms with Crippen LogP contribution in [-0.4, -0.2) is 30.4 Å². The molecule has 172 valence electrons. The van der Waals surface area contributed by atoms with E-state index < -0.39 is 17.3 Å². The summed E-state index contributed by atoms with van der Waals surface area (Å²) in [6.45, 7) is 0. The van der Waals surface area contributed by atoms with E-state index in [1.807, 2.05) is 0 Å². The first-order valence-corrected chi connectivity index (χ1v) is 10.4. The second-order valence-corrected chi connectivity index (χ2v) is 7.85. The lowest BCUT2D eigenvalue weighted by Crippen LogP contribution is -2.22. The van der Waals surface area contributed by atoms with E-state index in [0.717, 1.165) is 0 Å². The zero-order chi connectivity index (χ0) is 24.0. The smallest absolute Gasteiger partial charge is 0.312 e. The molecule has 8 nitrogen and oxygen atoms in total. The summed E-state index contributed by atoms with van der Waals surface area (Å²) < 4.78 is 21.8. The summed E-state index contributed by atoms with van der Waals surface area (Å²) in [6.07, 6.45) is 1.26. The van der Waals surface area contributed by atoms with Crippen LogP contribution in [0.25, 0.3) is 22.1 Å². The molecule has 0 spiro atoms. The molecule has 4 aromatic rings. The maximum Gasteiger partial charge on any atom is 0.312 e. The minimum absolute atomic E-state index is 0.0390. The second-order valence-electron chi connectivity index (χ2n) is 7.85. The number of hydrogen-bond acceptors (Lipinski definition) is 8. The Labute approximate surface area is 193 Å². The van der Waals surface area contributed by atoms with Crippen molar-refractivity contribution in [2.75, 3.05) is 14.2 Å². The third kappa shape index (κ3) is 3.31. The molecule has 8 heteroatoms. The van der Waals surface area contributed by atoms with Crippen molar-refractivity contribution < 1.29 is 33.6 Å². The summed E-state index contributed by atoms with van der Waals surface area (Å²) in [5, 5.41) is 21.0. The zero-order valence-electron chi connectivity index (χ0n) is 18.3. The molecule has 0 aliphatic carbocycles. The highest BCUT2D eigenvalue weighted by Gasteiger charge is 2.34. The van der Waals surface area contributed by atoms with Gasteiger partial charge in [-0.3, -0.25) is 9.59 Å². The quantitative estimate of drug-likeness (QED) is 0.342. The number of hydrogen-bond donors (Lipinski definition) is 2. The van der Waals surface area contributed by atoms with Crippen LogP contribution in [0, 0.1) is 0 Å². The number of methoxy groups -OCH3 is 2. The average molecular weight is 460 g/mol. The number of rotatable bonds is 4. The molecule has 0 amide bonds. The molecule has 0 fully saturated rings. The van der Waals surface area contributed by atoms with E-state index in [0.29, 0.717) is 22.4 Å². The molecule has 0 radical (unpaired) electrons. The van der Waals surface area contributed by atoms with Gasteiger partial charge in [-0.05, 0) is 23.8 Å². The molecule has 0 saturated heterocycles. The van der Waals surface area contributed by atoms with E-state index in [4.69, 9.17) is 18.6 Å². The Morgan fingerprint density at radius 2 is 1.68 bits per heavy atom. The number of fused-ring (bicyclic) bond motifs is 3. The average Bonchev–Trinajstić information content (AvgIpc) is 2.83. The van der Waals surface area contributed by atoms with E-state index in [-0.39, 0.29) is 46.0 Å². The van der Waals surface area contributed by atoms with Gasteiger partial charge < -0.3 is 28.8 Å². The van der Waals surface area contributed by atoms with Crippen LogP contribution in [0.4, 0.5) is 0 Å². The van der Waals surface area contributed by atoms with Crippen molar-refractivity contribution in [3.05, 3.63) is 76.1 Å². The van der Waals surface area contributed by atoms with Crippen molar-refractivity contribution in [1.29, 1.82) is 0 Å². The molecule has 2 heterocycles. The number of phenolic OH excluding ortho intramolecular Hbond substituents is 2. The molecular weight excluding hydrogens is 440 g/mol. The first-order valence-electron chi connectivity index (χ1n) is 10.4. The lowest BCUT2D eigenvalue weighted by molar-refractivity contribution is -0.135. The van der Waals surface area contributed by atoms with E-state index in [1.54, 1.807) is 36.4 Å². The van der Waals surface area contributed by atoms with Crippen molar-refractivity contribution in [2.24, 2.45) is 0 Å². The molecule has 1 aromatic heterocycles. The Hall–Kier alpha value is -4.46. The molecular formula is C26H20O8. The first-order chi connectivity index (χ1) is 16.4. The van der Waals surface area contributed by atoms with Crippen LogP contribution >= 0.6 is 0 Å². The van der Waals surface area contributed by atoms with Crippen molar-refractivity contribution in [3.8, 4) is 39.9 Å². The maximum absolute atomic E-state index is 13.5. The summed E-state index contributed by atoms with van der Waals surface area (Å²) in [7, 11) is 2.94. The lowest BCUT2D eigenvalue weighted by Gasteiger charge is -2.26. The van der Waals surface area contributed by atoms with Gasteiger partial charge in [-0.25, -0.2) is 0 Å². The maximum atomic E-state index is 13.5. The van der Waals surface area contributed by atoms with Gasteiger partial charge in [-0.2, -0.15) is 0 Å². The number of carbonyl (C=O) groups is 1. The predicted octanol–water partition coefficient (Wildman–Crippen LogP) is 4.33. The topological polar surface area (TPSA) is 115 Å². The van der Waals surface area contributed by atoms with Gasteiger partial charge in [0.2, 0.25) is 5.43 Å². The normalized spacial score (nSPS) is 15.0. The van der Waals surface area contributed by atoms with Gasteiger partial charge in [0, 0.05) is 23.1 Å². The zero-order valence-corrected chi connectivity index (χ0v) is 18.3. The van der Waals surface area contributed by atoms with Gasteiger partial charge >= 0.3 is 5.97 Å². The molecule has 0 saturated carbocycles. The second kappa shape index (κ2) is 8.15. The monoisotopic (exact) mass is 460 g/mol. The van der Waals surface area contributed by atoms with Crippen LogP contribution in [0.5, 0.6) is 28.7 Å². The number of para-hydroxylation sites is 1. The molecule has 5 rings (SSSR count). The molecule has 0 bridgehead atoms. The minimum atomic E-state index is -0.587. The molecule has 2 N–H and O–H groups in total. The summed E-state index contributed by atoms with van der Waals surface area (Å²) in [6, 6.07) is 13.0. The number of aromatic hydroxyl groups is 2. The van der Waals surface area contributed by atoms with Crippen molar-refractivity contribution in [1.82, 2.24) is 0 Å². The molecule has 0 unspecified atom stereocenters. The van der Waals surface area contributed by atoms with Crippen LogP contribution in [0.3, 0.4) is 0 Å². The number of benzene rings is 3. The highest BCUT2D eigenvalue weighted by atomic mass is 16.5. The van der Waals surface area contributed by atoms with Gasteiger partial charge in [0.25, 0.3) is 0 Å². The third-order valence-corrected chi connectivity index (χ3v) is 5.97. The standard InChI is InChI=1S/C26H20O8/c1-31-19-6-4-3-5-14(19)16-12-33-26-23-15(13-7-8-20(32-2)17(27)9-13)10-22(29)34-21(23)11-18(28)24(26)25(16)30/h3-9,11-12,15,27-28H,10H2,1-2H3/t15-/m1/s1. The van der Waals surface area contributed by atoms with Gasteiger partial charge in [0.15, 0.2) is 11.5 Å². The van der Waals surface area contributed by atoms with E-state index in [9.17, 15) is 19.8 Å². The van der Waals surface area contributed by atoms with Crippen LogP contribution in [0.2, 0.25) is 0 Å². The fourth-order valence-electron chi connectivity index (χ4n) is 4.39. The molecule has 34 heavy (non-hydrogen) atoms. The molecule has 1 atom stereocenters. The number of carbonyl (C=O) groups excluding carboxylic acids is 1. The van der Waals surface area contributed by atoms with Crippen molar-refractivity contribution >= 4 is 16.9 Å². The lowest BCUT2D eigenvalue weighted by atomic mass is 9.84. The van der Waals surface area contributed by atoms with E-state index in [1.165, 1.54) is 32.6 Å². The number of ether oxygens (including phenoxy) is 3. The van der Waals surface area contributed by atoms with E-state index in [2.05, 4.69) is 0 Å². The highest BCUT2D eigenvalue weighted by molar-refractivity contribution is 5.94. The Morgan fingerprint density at radius 1 is 0.912 bits per heavy atom. The van der Waals surface area contributed by atoms with Crippen LogP contribution < -0.4 is 19.6 Å². The Bertz CT molecular complexity index is 1500. The summed E-state index contributed by atoms with van der Waals surface area (Å²) in [5.41, 5.74) is 1.40. The fraction of sp³-hybridized carbons (Fsp3) is 0.154. The van der Waals surface area contributed by atoms with E-state index >= 15 is 0 Å². The van der Waals surface area contributed by atoms with Crippen LogP contribution in [-0.2, 0) is 4.79 Å². The molecule has 3 aromatic carbocycles. The largest absolute Gasteiger partial charge is 0.507 e. The summed E-state index contributed by atoms with van der Waals surface area (Å²) in [5.74, 6) is -0.711. The van der Waals surface area contributed by atoms with Crippen molar-refractivity contribution in [2.45, 2.75) is 12.3 Å². The third-order valence-electron chi connectivity index (χ3n) is 5.97. The van der Waals surface area contributed by atoms with Gasteiger partial charge in [0.05, 0.1) is 26.2 Å². The highest BCUT2D eigenvalue weighted by Crippen LogP contribution is 2.46. The molecule has 1 aliphatic rings. The number of esters is 1. The van der Waals surface area contributed by atoms with Gasteiger partial charge in [-0.15, -0.1) is 0 Å². The fourth-order valence-corrected chi connectivity index (χ4v) is 4.39. The van der Waals surface area contributed by atoms with Gasteiger partial charge in [-0.1, -0.05) is 24.3 Å². The van der Waals surface area contributed by atoms with Crippen molar-refractivity contribution in [3.63, 3.8) is 0 Å². The Kier molecular flexibility index (Phi) is 5.13. The van der Waals surface area contributed by atoms with Crippen LogP contribution in [0.1, 0.15) is 23.5 Å². The molecule has 1 aliphatic heterocycles. The minimum Gasteiger partial charge on any atom is -0.507 e. The Balaban J connectivity index is 1.77.